The molecule has 3 amide bonds. The summed E-state index contributed by atoms with van der Waals surface area (Å²) in [6, 6.07) is 9.39. The van der Waals surface area contributed by atoms with Crippen LogP contribution in [-0.4, -0.2) is 40.6 Å². The van der Waals surface area contributed by atoms with Gasteiger partial charge in [-0.05, 0) is 57.0 Å². The Bertz CT molecular complexity index is 1010. The van der Waals surface area contributed by atoms with Gasteiger partial charge < -0.3 is 19.5 Å². The van der Waals surface area contributed by atoms with Gasteiger partial charge in [-0.3, -0.25) is 14.4 Å². The molecule has 1 aromatic carbocycles. The summed E-state index contributed by atoms with van der Waals surface area (Å²) in [5.41, 5.74) is 1.85. The molecule has 0 bridgehead atoms. The Morgan fingerprint density at radius 2 is 1.88 bits per heavy atom. The number of benzene rings is 1. The van der Waals surface area contributed by atoms with Gasteiger partial charge in [-0.1, -0.05) is 12.1 Å². The fraction of sp³-hybridized carbons (Fsp3) is 0.400. The molecule has 1 aromatic heterocycles. The summed E-state index contributed by atoms with van der Waals surface area (Å²) in [5.74, 6) is -1.05. The number of rotatable bonds is 9. The van der Waals surface area contributed by atoms with Gasteiger partial charge in [0.2, 0.25) is 11.8 Å². The summed E-state index contributed by atoms with van der Waals surface area (Å²) >= 11 is 0. The number of allylic oxidation sites excluding steroid dienone is 1. The number of nitrogens with one attached hydrogen (secondary N) is 1. The van der Waals surface area contributed by atoms with Gasteiger partial charge in [-0.15, -0.1) is 0 Å². The van der Waals surface area contributed by atoms with E-state index in [1.54, 1.807) is 36.1 Å². The maximum absolute atomic E-state index is 13.3. The second kappa shape index (κ2) is 10.9. The monoisotopic (exact) mass is 455 g/mol. The van der Waals surface area contributed by atoms with Gasteiger partial charge in [0.1, 0.15) is 11.6 Å². The molecular weight excluding hydrogens is 425 g/mol. The first-order chi connectivity index (χ1) is 15.8. The summed E-state index contributed by atoms with van der Waals surface area (Å²) in [4.78, 5) is 42.4. The maximum Gasteiger partial charge on any atom is 0.251 e. The number of amides is 3. The molecule has 3 rings (SSSR count). The number of hydrogen-bond acceptors (Lipinski definition) is 4. The predicted molar refractivity (Wildman–Crippen MR) is 121 cm³/mol. The van der Waals surface area contributed by atoms with Gasteiger partial charge >= 0.3 is 0 Å². The van der Waals surface area contributed by atoms with E-state index in [0.717, 1.165) is 5.56 Å². The average Bonchev–Trinajstić information content (AvgIpc) is 3.33. The Labute approximate surface area is 193 Å². The number of furan rings is 1. The average molecular weight is 456 g/mol. The van der Waals surface area contributed by atoms with Crippen LogP contribution in [0.25, 0.3) is 0 Å². The summed E-state index contributed by atoms with van der Waals surface area (Å²) < 4.78 is 18.6. The Kier molecular flexibility index (Phi) is 8.03. The van der Waals surface area contributed by atoms with Crippen LogP contribution < -0.4 is 5.32 Å². The molecule has 1 N–H and O–H groups in total. The number of nitrogens with zero attached hydrogens (tertiary/aromatic N) is 2. The van der Waals surface area contributed by atoms with Crippen LogP contribution in [0.5, 0.6) is 0 Å². The van der Waals surface area contributed by atoms with E-state index >= 15 is 0 Å². The molecule has 0 spiro atoms. The minimum absolute atomic E-state index is 0.0399. The van der Waals surface area contributed by atoms with Gasteiger partial charge in [-0.25, -0.2) is 4.39 Å². The molecule has 8 heteroatoms. The molecule has 0 saturated heterocycles. The van der Waals surface area contributed by atoms with Crippen molar-refractivity contribution in [3.8, 4) is 0 Å². The van der Waals surface area contributed by atoms with Crippen LogP contribution in [-0.2, 0) is 27.5 Å². The van der Waals surface area contributed by atoms with E-state index in [-0.39, 0.29) is 49.5 Å². The Hall–Kier alpha value is -3.42. The van der Waals surface area contributed by atoms with Crippen molar-refractivity contribution in [2.45, 2.75) is 46.7 Å². The molecule has 1 aliphatic heterocycles. The zero-order valence-corrected chi connectivity index (χ0v) is 19.3. The highest BCUT2D eigenvalue weighted by Gasteiger charge is 2.37. The normalized spacial score (nSPS) is 16.2. The van der Waals surface area contributed by atoms with E-state index in [2.05, 4.69) is 5.32 Å². The highest BCUT2D eigenvalue weighted by molar-refractivity contribution is 5.98. The van der Waals surface area contributed by atoms with Gasteiger partial charge in [-0.2, -0.15) is 0 Å². The van der Waals surface area contributed by atoms with Crippen molar-refractivity contribution in [1.82, 2.24) is 15.1 Å². The number of hydrogen-bond donors (Lipinski definition) is 1. The standard InChI is InChI=1S/C25H30FN3O4/c1-4-28(5-2)25(32)22-13-19(14-23(30)27-15-21-7-6-12-33-21)24(31)29(17(22)3)16-18-8-10-20(26)11-9-18/h6-12,19H,4-5,13-16H2,1-3H3,(H,27,30). The quantitative estimate of drug-likeness (QED) is 0.626. The first-order valence-electron chi connectivity index (χ1n) is 11.2. The Morgan fingerprint density at radius 3 is 2.48 bits per heavy atom. The molecule has 176 valence electrons. The van der Waals surface area contributed by atoms with E-state index in [0.29, 0.717) is 30.1 Å². The first-order valence-corrected chi connectivity index (χ1v) is 11.2. The molecule has 1 unspecified atom stereocenters. The van der Waals surface area contributed by atoms with E-state index in [1.807, 2.05) is 13.8 Å². The molecule has 2 heterocycles. The molecule has 2 aromatic rings. The second-order valence-electron chi connectivity index (χ2n) is 8.05. The van der Waals surface area contributed by atoms with Crippen LogP contribution in [0.1, 0.15) is 44.9 Å². The summed E-state index contributed by atoms with van der Waals surface area (Å²) in [6.07, 6.45) is 1.69. The molecule has 0 aliphatic carbocycles. The zero-order valence-electron chi connectivity index (χ0n) is 19.3. The van der Waals surface area contributed by atoms with Crippen LogP contribution >= 0.6 is 0 Å². The van der Waals surface area contributed by atoms with Crippen LogP contribution in [0, 0.1) is 11.7 Å². The lowest BCUT2D eigenvalue weighted by atomic mass is 9.88. The van der Waals surface area contributed by atoms with Crippen LogP contribution in [0.4, 0.5) is 4.39 Å². The van der Waals surface area contributed by atoms with E-state index < -0.39 is 5.92 Å². The van der Waals surface area contributed by atoms with E-state index in [4.69, 9.17) is 4.42 Å². The van der Waals surface area contributed by atoms with Gasteiger partial charge in [0.15, 0.2) is 0 Å². The van der Waals surface area contributed by atoms with Crippen molar-refractivity contribution in [2.24, 2.45) is 5.92 Å². The lowest BCUT2D eigenvalue weighted by Gasteiger charge is -2.36. The smallest absolute Gasteiger partial charge is 0.251 e. The number of halogens is 1. The lowest BCUT2D eigenvalue weighted by molar-refractivity contribution is -0.139. The Balaban J connectivity index is 1.83. The molecular formula is C25H30FN3O4. The fourth-order valence-corrected chi connectivity index (χ4v) is 4.00. The highest BCUT2D eigenvalue weighted by Crippen LogP contribution is 2.32. The van der Waals surface area contributed by atoms with Gasteiger partial charge in [0.05, 0.1) is 25.3 Å². The van der Waals surface area contributed by atoms with Crippen molar-refractivity contribution < 1.29 is 23.2 Å². The fourth-order valence-electron chi connectivity index (χ4n) is 4.00. The van der Waals surface area contributed by atoms with Crippen molar-refractivity contribution in [2.75, 3.05) is 13.1 Å². The van der Waals surface area contributed by atoms with Crippen molar-refractivity contribution >= 4 is 17.7 Å². The van der Waals surface area contributed by atoms with Gasteiger partial charge in [0, 0.05) is 30.8 Å². The van der Waals surface area contributed by atoms with Crippen LogP contribution in [0.3, 0.4) is 0 Å². The first kappa shape index (κ1) is 24.2. The minimum Gasteiger partial charge on any atom is -0.467 e. The molecule has 33 heavy (non-hydrogen) atoms. The second-order valence-corrected chi connectivity index (χ2v) is 8.05. The third-order valence-corrected chi connectivity index (χ3v) is 5.94. The van der Waals surface area contributed by atoms with Crippen molar-refractivity contribution in [3.05, 3.63) is 71.1 Å². The molecule has 0 saturated carbocycles. The van der Waals surface area contributed by atoms with Gasteiger partial charge in [0.25, 0.3) is 5.91 Å². The third-order valence-electron chi connectivity index (χ3n) is 5.94. The van der Waals surface area contributed by atoms with E-state index in [9.17, 15) is 18.8 Å². The molecule has 1 aliphatic rings. The summed E-state index contributed by atoms with van der Waals surface area (Å²) in [7, 11) is 0. The molecule has 0 fully saturated rings. The minimum atomic E-state index is -0.666. The zero-order chi connectivity index (χ0) is 24.0. The van der Waals surface area contributed by atoms with Crippen molar-refractivity contribution in [3.63, 3.8) is 0 Å². The lowest BCUT2D eigenvalue weighted by Crippen LogP contribution is -2.44. The largest absolute Gasteiger partial charge is 0.467 e. The number of likely N-dealkylation sites (N-methyl/N-ethyl adjacent to an activating group) is 1. The molecule has 0 radical (unpaired) electrons. The summed E-state index contributed by atoms with van der Waals surface area (Å²) in [6.45, 7) is 7.09. The maximum atomic E-state index is 13.3. The number of carbonyl (C=O) groups excluding carboxylic acids is 3. The van der Waals surface area contributed by atoms with E-state index in [1.165, 1.54) is 23.3 Å². The topological polar surface area (TPSA) is 82.9 Å². The van der Waals surface area contributed by atoms with Crippen LogP contribution in [0.15, 0.2) is 58.3 Å². The summed E-state index contributed by atoms with van der Waals surface area (Å²) in [5, 5.41) is 2.77. The third kappa shape index (κ3) is 5.88. The SMILES string of the molecule is CCN(CC)C(=O)C1=C(C)N(Cc2ccc(F)cc2)C(=O)C(CC(=O)NCc2ccco2)C1. The van der Waals surface area contributed by atoms with Crippen molar-refractivity contribution in [1.29, 1.82) is 0 Å². The molecule has 1 atom stereocenters. The predicted octanol–water partition coefficient (Wildman–Crippen LogP) is 3.62. The highest BCUT2D eigenvalue weighted by atomic mass is 19.1. The molecule has 7 nitrogen and oxygen atoms in total. The Morgan fingerprint density at radius 1 is 1.18 bits per heavy atom. The van der Waals surface area contributed by atoms with Crippen LogP contribution in [0.2, 0.25) is 0 Å². The number of carbonyl (C=O) groups is 3.